The molecule has 1 unspecified atom stereocenters. The molecule has 3 atom stereocenters. The van der Waals surface area contributed by atoms with Gasteiger partial charge in [-0.25, -0.2) is 4.79 Å². The van der Waals surface area contributed by atoms with Crippen molar-refractivity contribution in [2.45, 2.75) is 52.2 Å². The maximum atomic E-state index is 11.9. The first kappa shape index (κ1) is 22.6. The van der Waals surface area contributed by atoms with Crippen molar-refractivity contribution in [3.63, 3.8) is 0 Å². The molecule has 5 heteroatoms. The topological polar surface area (TPSA) is 54.0 Å². The van der Waals surface area contributed by atoms with Gasteiger partial charge in [0.05, 0.1) is 19.3 Å². The Morgan fingerprint density at radius 3 is 2.71 bits per heavy atom. The fourth-order valence-electron chi connectivity index (χ4n) is 4.43. The summed E-state index contributed by atoms with van der Waals surface area (Å²) >= 11 is 0. The van der Waals surface area contributed by atoms with Crippen LogP contribution >= 0.6 is 0 Å². The van der Waals surface area contributed by atoms with E-state index in [1.165, 1.54) is 11.1 Å². The zero-order valence-corrected chi connectivity index (χ0v) is 17.7. The lowest BCUT2D eigenvalue weighted by Gasteiger charge is -2.46. The standard InChI is InChI=1S/C23H34O5/c1-7-8-9-19(27-15-26-13-12-25-6)18-11-10-16(2)21(23(18,4)5)20-14-17(3)22(24)28-20/h7-9,18-20H,1,3,10-15H2,2,4-6H3/b9-8+/t18-,19+,20?/m0/s1. The zero-order valence-electron chi connectivity index (χ0n) is 17.7. The van der Waals surface area contributed by atoms with Gasteiger partial charge in [-0.15, -0.1) is 0 Å². The summed E-state index contributed by atoms with van der Waals surface area (Å²) in [6.07, 6.45) is 7.87. The summed E-state index contributed by atoms with van der Waals surface area (Å²) in [5.41, 5.74) is 2.86. The van der Waals surface area contributed by atoms with Crippen molar-refractivity contribution >= 4 is 5.97 Å². The average molecular weight is 391 g/mol. The van der Waals surface area contributed by atoms with Crippen LogP contribution in [-0.2, 0) is 23.7 Å². The average Bonchev–Trinajstić information content (AvgIpc) is 2.95. The monoisotopic (exact) mass is 390 g/mol. The largest absolute Gasteiger partial charge is 0.454 e. The Morgan fingerprint density at radius 2 is 2.11 bits per heavy atom. The molecule has 0 aromatic heterocycles. The van der Waals surface area contributed by atoms with Crippen molar-refractivity contribution in [2.24, 2.45) is 11.3 Å². The molecule has 1 heterocycles. The number of cyclic esters (lactones) is 1. The molecule has 2 rings (SSSR count). The lowest BCUT2D eigenvalue weighted by Crippen LogP contribution is -2.42. The van der Waals surface area contributed by atoms with Crippen molar-refractivity contribution in [1.29, 1.82) is 0 Å². The summed E-state index contributed by atoms with van der Waals surface area (Å²) < 4.78 is 22.3. The Balaban J connectivity index is 2.19. The molecule has 2 aliphatic rings. The van der Waals surface area contributed by atoms with E-state index in [9.17, 15) is 4.79 Å². The molecule has 5 nitrogen and oxygen atoms in total. The molecule has 1 aliphatic heterocycles. The number of ether oxygens (including phenoxy) is 4. The number of allylic oxidation sites excluding steroid dienone is 3. The van der Waals surface area contributed by atoms with E-state index in [0.717, 1.165) is 12.8 Å². The van der Waals surface area contributed by atoms with Crippen LogP contribution in [0.15, 0.2) is 48.1 Å². The van der Waals surface area contributed by atoms with Crippen LogP contribution in [0.3, 0.4) is 0 Å². The van der Waals surface area contributed by atoms with Gasteiger partial charge in [0.1, 0.15) is 12.9 Å². The van der Waals surface area contributed by atoms with Crippen LogP contribution in [-0.4, -0.2) is 45.3 Å². The van der Waals surface area contributed by atoms with Gasteiger partial charge >= 0.3 is 5.97 Å². The van der Waals surface area contributed by atoms with Crippen molar-refractivity contribution in [2.75, 3.05) is 27.1 Å². The van der Waals surface area contributed by atoms with E-state index in [4.69, 9.17) is 18.9 Å². The fraction of sp³-hybridized carbons (Fsp3) is 0.609. The number of hydrogen-bond donors (Lipinski definition) is 0. The van der Waals surface area contributed by atoms with Crippen LogP contribution in [0.1, 0.15) is 40.0 Å². The van der Waals surface area contributed by atoms with E-state index in [0.29, 0.717) is 25.2 Å². The van der Waals surface area contributed by atoms with Gasteiger partial charge in [-0.3, -0.25) is 0 Å². The van der Waals surface area contributed by atoms with Crippen molar-refractivity contribution in [3.05, 3.63) is 48.1 Å². The molecule has 0 saturated carbocycles. The minimum Gasteiger partial charge on any atom is -0.454 e. The number of carbonyl (C=O) groups excluding carboxylic acids is 1. The molecule has 0 aromatic rings. The van der Waals surface area contributed by atoms with E-state index < -0.39 is 0 Å². The summed E-state index contributed by atoms with van der Waals surface area (Å²) in [7, 11) is 1.64. The first-order chi connectivity index (χ1) is 13.3. The van der Waals surface area contributed by atoms with E-state index >= 15 is 0 Å². The van der Waals surface area contributed by atoms with Gasteiger partial charge in [0.25, 0.3) is 0 Å². The predicted molar refractivity (Wildman–Crippen MR) is 110 cm³/mol. The molecule has 1 aliphatic carbocycles. The molecule has 28 heavy (non-hydrogen) atoms. The Hall–Kier alpha value is -1.69. The summed E-state index contributed by atoms with van der Waals surface area (Å²) in [4.78, 5) is 11.9. The van der Waals surface area contributed by atoms with Crippen LogP contribution in [0.2, 0.25) is 0 Å². The van der Waals surface area contributed by atoms with Crippen molar-refractivity contribution in [3.8, 4) is 0 Å². The number of esters is 1. The Labute approximate surface area is 169 Å². The molecule has 0 radical (unpaired) electrons. The SMILES string of the molecule is C=C/C=C/[C@@H](OCOCCOC)[C@@H]1CCC(C)=C(C2CC(=C)C(=O)O2)C1(C)C. The molecule has 156 valence electrons. The zero-order chi connectivity index (χ0) is 20.7. The van der Waals surface area contributed by atoms with Crippen LogP contribution in [0.4, 0.5) is 0 Å². The predicted octanol–water partition coefficient (Wildman–Crippen LogP) is 4.36. The lowest BCUT2D eigenvalue weighted by molar-refractivity contribution is -0.138. The third-order valence-electron chi connectivity index (χ3n) is 5.81. The second-order valence-corrected chi connectivity index (χ2v) is 8.03. The molecular weight excluding hydrogens is 356 g/mol. The second kappa shape index (κ2) is 10.2. The number of rotatable bonds is 10. The highest BCUT2D eigenvalue weighted by atomic mass is 16.7. The number of carbonyl (C=O) groups is 1. The molecular formula is C23H34O5. The highest BCUT2D eigenvalue weighted by molar-refractivity contribution is 5.90. The number of hydrogen-bond acceptors (Lipinski definition) is 5. The van der Waals surface area contributed by atoms with Gasteiger partial charge in [0, 0.05) is 19.1 Å². The molecule has 0 spiro atoms. The van der Waals surface area contributed by atoms with Gasteiger partial charge in [0.15, 0.2) is 0 Å². The Bertz CT molecular complexity index is 627. The van der Waals surface area contributed by atoms with E-state index in [1.807, 2.05) is 12.2 Å². The first-order valence-corrected chi connectivity index (χ1v) is 9.89. The Morgan fingerprint density at radius 1 is 1.36 bits per heavy atom. The minimum absolute atomic E-state index is 0.126. The van der Waals surface area contributed by atoms with Crippen LogP contribution in [0.5, 0.6) is 0 Å². The van der Waals surface area contributed by atoms with E-state index in [2.05, 4.69) is 33.9 Å². The van der Waals surface area contributed by atoms with Crippen LogP contribution < -0.4 is 0 Å². The summed E-state index contributed by atoms with van der Waals surface area (Å²) in [5, 5.41) is 0. The van der Waals surface area contributed by atoms with Gasteiger partial charge in [-0.1, -0.05) is 50.8 Å². The van der Waals surface area contributed by atoms with Crippen molar-refractivity contribution in [1.82, 2.24) is 0 Å². The molecule has 1 saturated heterocycles. The summed E-state index contributed by atoms with van der Waals surface area (Å²) in [6.45, 7) is 15.4. The quantitative estimate of drug-likeness (QED) is 0.139. The molecule has 0 amide bonds. The lowest BCUT2D eigenvalue weighted by atomic mass is 9.62. The first-order valence-electron chi connectivity index (χ1n) is 9.89. The molecule has 0 bridgehead atoms. The van der Waals surface area contributed by atoms with Crippen molar-refractivity contribution < 1.29 is 23.7 Å². The smallest absolute Gasteiger partial charge is 0.334 e. The second-order valence-electron chi connectivity index (χ2n) is 8.03. The van der Waals surface area contributed by atoms with E-state index in [1.54, 1.807) is 13.2 Å². The molecule has 0 N–H and O–H groups in total. The van der Waals surface area contributed by atoms with Crippen LogP contribution in [0, 0.1) is 11.3 Å². The maximum absolute atomic E-state index is 11.9. The Kier molecular flexibility index (Phi) is 8.23. The summed E-state index contributed by atoms with van der Waals surface area (Å²) in [6, 6.07) is 0. The number of methoxy groups -OCH3 is 1. The highest BCUT2D eigenvalue weighted by Gasteiger charge is 2.46. The van der Waals surface area contributed by atoms with Gasteiger partial charge in [-0.05, 0) is 36.7 Å². The minimum atomic E-state index is -0.283. The third-order valence-corrected chi connectivity index (χ3v) is 5.81. The molecule has 1 fully saturated rings. The third kappa shape index (κ3) is 5.22. The van der Waals surface area contributed by atoms with Gasteiger partial charge in [0.2, 0.25) is 0 Å². The summed E-state index contributed by atoms with van der Waals surface area (Å²) in [5.74, 6) is -0.0601. The molecule has 0 aromatic carbocycles. The van der Waals surface area contributed by atoms with Gasteiger partial charge in [-0.2, -0.15) is 0 Å². The highest BCUT2D eigenvalue weighted by Crippen LogP contribution is 2.50. The maximum Gasteiger partial charge on any atom is 0.334 e. The van der Waals surface area contributed by atoms with Crippen LogP contribution in [0.25, 0.3) is 0 Å². The normalized spacial score (nSPS) is 26.0. The van der Waals surface area contributed by atoms with E-state index in [-0.39, 0.29) is 36.3 Å². The van der Waals surface area contributed by atoms with Gasteiger partial charge < -0.3 is 18.9 Å². The fourth-order valence-corrected chi connectivity index (χ4v) is 4.43.